The molecule has 0 aliphatic heterocycles. The summed E-state index contributed by atoms with van der Waals surface area (Å²) in [7, 11) is -3.88. The van der Waals surface area contributed by atoms with Crippen molar-refractivity contribution in [2.45, 2.75) is 30.8 Å². The fourth-order valence-corrected chi connectivity index (χ4v) is 3.04. The van der Waals surface area contributed by atoms with E-state index in [1.54, 1.807) is 19.1 Å². The van der Waals surface area contributed by atoms with Gasteiger partial charge in [-0.1, -0.05) is 12.1 Å². The Morgan fingerprint density at radius 2 is 1.95 bits per heavy atom. The molecule has 19 heavy (non-hydrogen) atoms. The molecule has 4 nitrogen and oxygen atoms in total. The minimum Gasteiger partial charge on any atom is -0.398 e. The van der Waals surface area contributed by atoms with Crippen molar-refractivity contribution in [1.82, 2.24) is 4.72 Å². The number of nitrogens with one attached hydrogen (secondary N) is 1. The maximum Gasteiger partial charge on any atom is 0.389 e. The zero-order valence-electron chi connectivity index (χ0n) is 10.3. The van der Waals surface area contributed by atoms with E-state index < -0.39 is 22.6 Å². The first-order valence-electron chi connectivity index (χ1n) is 5.55. The molecule has 0 radical (unpaired) electrons. The van der Waals surface area contributed by atoms with E-state index in [1.807, 2.05) is 0 Å². The number of sulfonamides is 1. The number of alkyl halides is 3. The fourth-order valence-electron chi connectivity index (χ4n) is 1.61. The molecule has 0 aromatic heterocycles. The molecule has 0 aliphatic rings. The highest BCUT2D eigenvalue weighted by atomic mass is 32.2. The van der Waals surface area contributed by atoms with E-state index in [4.69, 9.17) is 5.73 Å². The van der Waals surface area contributed by atoms with E-state index in [0.29, 0.717) is 5.56 Å². The van der Waals surface area contributed by atoms with Crippen LogP contribution in [0.3, 0.4) is 0 Å². The van der Waals surface area contributed by atoms with E-state index in [9.17, 15) is 21.6 Å². The first kappa shape index (κ1) is 15.8. The lowest BCUT2D eigenvalue weighted by molar-refractivity contribution is -0.135. The number of rotatable bonds is 5. The summed E-state index contributed by atoms with van der Waals surface area (Å²) in [4.78, 5) is -0.0815. The highest BCUT2D eigenvalue weighted by Gasteiger charge is 2.26. The van der Waals surface area contributed by atoms with Crippen LogP contribution in [0.1, 0.15) is 18.4 Å². The van der Waals surface area contributed by atoms with Crippen molar-refractivity contribution in [1.29, 1.82) is 0 Å². The second kappa shape index (κ2) is 5.79. The van der Waals surface area contributed by atoms with Gasteiger partial charge in [0, 0.05) is 13.0 Å². The van der Waals surface area contributed by atoms with Crippen molar-refractivity contribution in [3.63, 3.8) is 0 Å². The molecule has 0 spiro atoms. The summed E-state index contributed by atoms with van der Waals surface area (Å²) >= 11 is 0. The quantitative estimate of drug-likeness (QED) is 0.646. The summed E-state index contributed by atoms with van der Waals surface area (Å²) in [6.45, 7) is 1.29. The molecule has 0 bridgehead atoms. The highest BCUT2D eigenvalue weighted by Crippen LogP contribution is 2.23. The molecule has 0 amide bonds. The molecule has 1 rings (SSSR count). The molecule has 1 aromatic rings. The molecule has 0 saturated heterocycles. The first-order chi connectivity index (χ1) is 8.63. The molecule has 0 unspecified atom stereocenters. The molecule has 108 valence electrons. The third-order valence-corrected chi connectivity index (χ3v) is 4.12. The topological polar surface area (TPSA) is 72.2 Å². The normalized spacial score (nSPS) is 12.6. The number of hydrogen-bond acceptors (Lipinski definition) is 3. The van der Waals surface area contributed by atoms with Gasteiger partial charge in [-0.15, -0.1) is 0 Å². The summed E-state index contributed by atoms with van der Waals surface area (Å²) in [5.74, 6) is 0. The van der Waals surface area contributed by atoms with Crippen LogP contribution in [0.25, 0.3) is 0 Å². The number of halogens is 3. The van der Waals surface area contributed by atoms with Crippen molar-refractivity contribution in [3.8, 4) is 0 Å². The zero-order chi connectivity index (χ0) is 14.7. The molecule has 1 aromatic carbocycles. The van der Waals surface area contributed by atoms with Gasteiger partial charge in [-0.05, 0) is 25.0 Å². The molecule has 3 N–H and O–H groups in total. The Labute approximate surface area is 109 Å². The fraction of sp³-hybridized carbons (Fsp3) is 0.455. The molecule has 8 heteroatoms. The number of hydrogen-bond donors (Lipinski definition) is 2. The summed E-state index contributed by atoms with van der Waals surface area (Å²) < 4.78 is 61.8. The average Bonchev–Trinajstić information content (AvgIpc) is 2.22. The van der Waals surface area contributed by atoms with Crippen molar-refractivity contribution >= 4 is 15.7 Å². The molecule has 0 saturated carbocycles. The Morgan fingerprint density at radius 3 is 2.47 bits per heavy atom. The predicted octanol–water partition coefficient (Wildman–Crippen LogP) is 2.20. The largest absolute Gasteiger partial charge is 0.398 e. The van der Waals surface area contributed by atoms with Crippen molar-refractivity contribution < 1.29 is 21.6 Å². The van der Waals surface area contributed by atoms with E-state index in [0.717, 1.165) is 0 Å². The van der Waals surface area contributed by atoms with Crippen molar-refractivity contribution in [2.24, 2.45) is 0 Å². The van der Waals surface area contributed by atoms with Gasteiger partial charge in [-0.25, -0.2) is 13.1 Å². The van der Waals surface area contributed by atoms with Crippen LogP contribution < -0.4 is 10.5 Å². The van der Waals surface area contributed by atoms with Crippen LogP contribution in [0.4, 0.5) is 18.9 Å². The van der Waals surface area contributed by atoms with Crippen LogP contribution >= 0.6 is 0 Å². The molecular formula is C11H15F3N2O2S. The number of anilines is 1. The van der Waals surface area contributed by atoms with Gasteiger partial charge in [0.2, 0.25) is 10.0 Å². The van der Waals surface area contributed by atoms with Gasteiger partial charge in [0.15, 0.2) is 0 Å². The molecule has 0 aliphatic carbocycles. The van der Waals surface area contributed by atoms with Crippen LogP contribution in [0.5, 0.6) is 0 Å². The Morgan fingerprint density at radius 1 is 1.32 bits per heavy atom. The molecule has 0 atom stereocenters. The SMILES string of the molecule is Cc1cccc(N)c1S(=O)(=O)NCCCC(F)(F)F. The summed E-state index contributed by atoms with van der Waals surface area (Å²) in [6.07, 6.45) is -5.62. The monoisotopic (exact) mass is 296 g/mol. The Balaban J connectivity index is 2.72. The van der Waals surface area contributed by atoms with Crippen LogP contribution in [-0.2, 0) is 10.0 Å². The minimum absolute atomic E-state index is 0.0725. The van der Waals surface area contributed by atoms with Crippen molar-refractivity contribution in [2.75, 3.05) is 12.3 Å². The third kappa shape index (κ3) is 4.71. The van der Waals surface area contributed by atoms with Gasteiger partial charge in [-0.2, -0.15) is 13.2 Å². The third-order valence-electron chi connectivity index (χ3n) is 2.44. The van der Waals surface area contributed by atoms with Crippen LogP contribution in [0, 0.1) is 6.92 Å². The summed E-state index contributed by atoms with van der Waals surface area (Å²) in [5, 5.41) is 0. The van der Waals surface area contributed by atoms with Crippen LogP contribution in [0.2, 0.25) is 0 Å². The van der Waals surface area contributed by atoms with Gasteiger partial charge in [0.1, 0.15) is 4.90 Å². The highest BCUT2D eigenvalue weighted by molar-refractivity contribution is 7.89. The lowest BCUT2D eigenvalue weighted by Gasteiger charge is -2.12. The van der Waals surface area contributed by atoms with E-state index >= 15 is 0 Å². The summed E-state index contributed by atoms with van der Waals surface area (Å²) in [5.41, 5.74) is 6.10. The maximum atomic E-state index is 11.9. The van der Waals surface area contributed by atoms with E-state index in [-0.39, 0.29) is 23.5 Å². The smallest absolute Gasteiger partial charge is 0.389 e. The van der Waals surface area contributed by atoms with Gasteiger partial charge in [0.25, 0.3) is 0 Å². The number of aryl methyl sites for hydroxylation is 1. The van der Waals surface area contributed by atoms with Gasteiger partial charge in [-0.3, -0.25) is 0 Å². The Bertz CT molecular complexity index is 521. The van der Waals surface area contributed by atoms with Crippen LogP contribution in [-0.4, -0.2) is 21.1 Å². The number of benzene rings is 1. The molecular weight excluding hydrogens is 281 g/mol. The van der Waals surface area contributed by atoms with Gasteiger partial charge >= 0.3 is 6.18 Å². The second-order valence-corrected chi connectivity index (χ2v) is 5.81. The van der Waals surface area contributed by atoms with Gasteiger partial charge in [0.05, 0.1) is 5.69 Å². The van der Waals surface area contributed by atoms with E-state index in [2.05, 4.69) is 4.72 Å². The summed E-state index contributed by atoms with van der Waals surface area (Å²) in [6, 6.07) is 4.60. The Kier molecular flexibility index (Phi) is 4.81. The van der Waals surface area contributed by atoms with E-state index in [1.165, 1.54) is 6.07 Å². The maximum absolute atomic E-state index is 11.9. The standard InChI is InChI=1S/C11H15F3N2O2S/c1-8-4-2-5-9(15)10(8)19(17,18)16-7-3-6-11(12,13)14/h2,4-5,16H,3,6-7,15H2,1H3. The average molecular weight is 296 g/mol. The lowest BCUT2D eigenvalue weighted by Crippen LogP contribution is -2.27. The number of nitrogen functional groups attached to an aromatic ring is 1. The van der Waals surface area contributed by atoms with Crippen LogP contribution in [0.15, 0.2) is 23.1 Å². The first-order valence-corrected chi connectivity index (χ1v) is 7.03. The predicted molar refractivity (Wildman–Crippen MR) is 66.1 cm³/mol. The molecule has 0 heterocycles. The zero-order valence-corrected chi connectivity index (χ0v) is 11.1. The lowest BCUT2D eigenvalue weighted by atomic mass is 10.2. The second-order valence-electron chi connectivity index (χ2n) is 4.11. The molecule has 0 fully saturated rings. The van der Waals surface area contributed by atoms with Crippen molar-refractivity contribution in [3.05, 3.63) is 23.8 Å². The Hall–Kier alpha value is -1.28. The number of nitrogens with two attached hydrogens (primary N) is 1. The van der Waals surface area contributed by atoms with Gasteiger partial charge < -0.3 is 5.73 Å². The minimum atomic E-state index is -4.28.